The number of unbranched alkanes of at least 4 members (excludes halogenated alkanes) is 1. The normalized spacial score (nSPS) is 9.00. The molecule has 0 aliphatic rings. The summed E-state index contributed by atoms with van der Waals surface area (Å²) >= 11 is 0. The Morgan fingerprint density at radius 1 is 0.864 bits per heavy atom. The van der Waals surface area contributed by atoms with Crippen LogP contribution >= 0.6 is 37.2 Å². The number of nitrogens with zero attached hydrogens (tertiary/aromatic N) is 1. The van der Waals surface area contributed by atoms with Crippen LogP contribution in [-0.2, 0) is 9.59 Å². The highest BCUT2D eigenvalue weighted by Crippen LogP contribution is 1.98. The number of carboxylic acid groups (broad SMARTS) is 1. The summed E-state index contributed by atoms with van der Waals surface area (Å²) in [6.45, 7) is 3.73. The van der Waals surface area contributed by atoms with Gasteiger partial charge in [-0.15, -0.1) is 37.2 Å². The molecule has 1 amide bonds. The summed E-state index contributed by atoms with van der Waals surface area (Å²) in [6.07, 6.45) is 3.24. The summed E-state index contributed by atoms with van der Waals surface area (Å²) in [4.78, 5) is 23.4. The number of carbonyl (C=O) groups is 2. The fourth-order valence-electron chi connectivity index (χ4n) is 1.64. The Balaban J connectivity index is -0.000000540. The minimum absolute atomic E-state index is 0. The lowest BCUT2D eigenvalue weighted by atomic mass is 10.2. The van der Waals surface area contributed by atoms with Crippen LogP contribution in [0, 0.1) is 0 Å². The van der Waals surface area contributed by atoms with Crippen LogP contribution in [0.1, 0.15) is 25.7 Å². The van der Waals surface area contributed by atoms with Crippen molar-refractivity contribution in [3.05, 3.63) is 0 Å². The second-order valence-electron chi connectivity index (χ2n) is 4.34. The monoisotopic (exact) mass is 382 g/mol. The van der Waals surface area contributed by atoms with Gasteiger partial charge in [-0.3, -0.25) is 4.79 Å². The summed E-state index contributed by atoms with van der Waals surface area (Å²) in [6, 6.07) is 0. The number of hydrogen-bond donors (Lipinski definition) is 4. The fourth-order valence-corrected chi connectivity index (χ4v) is 1.64. The Bertz CT molecular complexity index is 274. The van der Waals surface area contributed by atoms with E-state index in [4.69, 9.17) is 16.6 Å². The molecule has 0 unspecified atom stereocenters. The number of nitrogens with two attached hydrogens (primary N) is 2. The topological polar surface area (TPSA) is 122 Å². The molecule has 0 saturated carbocycles. The van der Waals surface area contributed by atoms with Crippen molar-refractivity contribution < 1.29 is 14.7 Å². The zero-order chi connectivity index (χ0) is 14.5. The Hall–Kier alpha value is -0.310. The predicted octanol–water partition coefficient (Wildman–Crippen LogP) is 0.232. The predicted molar refractivity (Wildman–Crippen MR) is 95.4 cm³/mol. The third kappa shape index (κ3) is 16.1. The van der Waals surface area contributed by atoms with Crippen molar-refractivity contribution in [2.24, 2.45) is 11.5 Å². The largest absolute Gasteiger partial charge is 0.474 e. The van der Waals surface area contributed by atoms with Gasteiger partial charge in [-0.1, -0.05) is 0 Å². The van der Waals surface area contributed by atoms with Gasteiger partial charge in [-0.05, 0) is 51.9 Å². The minimum Gasteiger partial charge on any atom is -0.474 e. The molecule has 0 aromatic heterocycles. The van der Waals surface area contributed by atoms with Gasteiger partial charge in [-0.25, -0.2) is 4.79 Å². The Kier molecular flexibility index (Phi) is 27.9. The summed E-state index contributed by atoms with van der Waals surface area (Å²) in [5.74, 6) is -2.25. The molecule has 0 fully saturated rings. The molecule has 10 heteroatoms. The maximum absolute atomic E-state index is 11.4. The Morgan fingerprint density at radius 3 is 1.86 bits per heavy atom. The molecule has 6 N–H and O–H groups in total. The molecule has 0 saturated heterocycles. The minimum atomic E-state index is -1.40. The highest BCUT2D eigenvalue weighted by Gasteiger charge is 2.19. The van der Waals surface area contributed by atoms with Crippen molar-refractivity contribution in [3.63, 3.8) is 0 Å². The number of aliphatic carboxylic acids is 1. The first-order valence-corrected chi connectivity index (χ1v) is 6.76. The van der Waals surface area contributed by atoms with E-state index in [9.17, 15) is 9.59 Å². The van der Waals surface area contributed by atoms with E-state index >= 15 is 0 Å². The molecule has 0 heterocycles. The van der Waals surface area contributed by atoms with Crippen LogP contribution in [0.25, 0.3) is 0 Å². The average molecular weight is 384 g/mol. The van der Waals surface area contributed by atoms with Gasteiger partial charge in [-0.2, -0.15) is 0 Å². The molecular formula is C12H29Cl3N4O3. The number of amides is 1. The molecule has 0 bridgehead atoms. The van der Waals surface area contributed by atoms with E-state index in [-0.39, 0.29) is 37.2 Å². The first-order chi connectivity index (χ1) is 9.13. The van der Waals surface area contributed by atoms with Crippen molar-refractivity contribution in [2.45, 2.75) is 25.7 Å². The molecule has 0 aromatic carbocycles. The van der Waals surface area contributed by atoms with Crippen molar-refractivity contribution in [3.8, 4) is 0 Å². The van der Waals surface area contributed by atoms with Gasteiger partial charge in [0.2, 0.25) is 0 Å². The number of carboxylic acids is 1. The third-order valence-corrected chi connectivity index (χ3v) is 2.69. The van der Waals surface area contributed by atoms with E-state index in [0.29, 0.717) is 32.6 Å². The fraction of sp³-hybridized carbons (Fsp3) is 0.833. The Morgan fingerprint density at radius 2 is 1.36 bits per heavy atom. The lowest BCUT2D eigenvalue weighted by Crippen LogP contribution is -2.38. The van der Waals surface area contributed by atoms with E-state index in [1.165, 1.54) is 4.90 Å². The second kappa shape index (κ2) is 20.7. The van der Waals surface area contributed by atoms with Gasteiger partial charge in [0, 0.05) is 13.1 Å². The van der Waals surface area contributed by atoms with Crippen LogP contribution in [0.3, 0.4) is 0 Å². The molecule has 0 rings (SSSR count). The molecule has 22 heavy (non-hydrogen) atoms. The summed E-state index contributed by atoms with van der Waals surface area (Å²) in [5, 5.41) is 11.9. The van der Waals surface area contributed by atoms with E-state index in [1.54, 1.807) is 0 Å². The molecule has 0 spiro atoms. The van der Waals surface area contributed by atoms with E-state index in [2.05, 4.69) is 5.32 Å². The SMILES string of the molecule is Cl.Cl.Cl.NCCCNCCCCN(CCCN)C(=O)C(=O)O. The van der Waals surface area contributed by atoms with Crippen LogP contribution in [0.4, 0.5) is 0 Å². The lowest BCUT2D eigenvalue weighted by molar-refractivity contribution is -0.156. The lowest BCUT2D eigenvalue weighted by Gasteiger charge is -2.20. The number of nitrogens with one attached hydrogen (secondary N) is 1. The van der Waals surface area contributed by atoms with Crippen molar-refractivity contribution in [2.75, 3.05) is 39.3 Å². The van der Waals surface area contributed by atoms with Gasteiger partial charge in [0.1, 0.15) is 0 Å². The van der Waals surface area contributed by atoms with Gasteiger partial charge in [0.25, 0.3) is 0 Å². The Labute approximate surface area is 150 Å². The summed E-state index contributed by atoms with van der Waals surface area (Å²) in [5.41, 5.74) is 10.7. The molecule has 0 aromatic rings. The first kappa shape index (κ1) is 29.7. The molecule has 0 aliphatic heterocycles. The zero-order valence-electron chi connectivity index (χ0n) is 12.7. The first-order valence-electron chi connectivity index (χ1n) is 6.76. The van der Waals surface area contributed by atoms with Gasteiger partial charge in [0.15, 0.2) is 0 Å². The smallest absolute Gasteiger partial charge is 0.394 e. The van der Waals surface area contributed by atoms with E-state index < -0.39 is 11.9 Å². The van der Waals surface area contributed by atoms with Crippen molar-refractivity contribution in [1.29, 1.82) is 0 Å². The molecule has 7 nitrogen and oxygen atoms in total. The highest BCUT2D eigenvalue weighted by molar-refractivity contribution is 6.31. The van der Waals surface area contributed by atoms with E-state index in [0.717, 1.165) is 32.4 Å². The summed E-state index contributed by atoms with van der Waals surface area (Å²) in [7, 11) is 0. The maximum atomic E-state index is 11.4. The summed E-state index contributed by atoms with van der Waals surface area (Å²) < 4.78 is 0. The number of carbonyl (C=O) groups excluding carboxylic acids is 1. The molecular weight excluding hydrogens is 355 g/mol. The third-order valence-electron chi connectivity index (χ3n) is 2.69. The number of hydrogen-bond acceptors (Lipinski definition) is 5. The maximum Gasteiger partial charge on any atom is 0.394 e. The molecule has 0 aliphatic carbocycles. The average Bonchev–Trinajstić information content (AvgIpc) is 2.40. The van der Waals surface area contributed by atoms with E-state index in [1.807, 2.05) is 0 Å². The van der Waals surface area contributed by atoms with Gasteiger partial charge < -0.3 is 26.8 Å². The van der Waals surface area contributed by atoms with Crippen LogP contribution < -0.4 is 16.8 Å². The molecule has 136 valence electrons. The van der Waals surface area contributed by atoms with Gasteiger partial charge in [0.05, 0.1) is 0 Å². The van der Waals surface area contributed by atoms with Crippen LogP contribution in [0.5, 0.6) is 0 Å². The number of halogens is 3. The van der Waals surface area contributed by atoms with Crippen LogP contribution in [-0.4, -0.2) is 61.2 Å². The second-order valence-corrected chi connectivity index (χ2v) is 4.34. The van der Waals surface area contributed by atoms with Crippen molar-refractivity contribution >= 4 is 49.1 Å². The highest BCUT2D eigenvalue weighted by atomic mass is 35.5. The zero-order valence-corrected chi connectivity index (χ0v) is 15.1. The quantitative estimate of drug-likeness (QED) is 0.299. The molecule has 0 radical (unpaired) electrons. The van der Waals surface area contributed by atoms with Crippen molar-refractivity contribution in [1.82, 2.24) is 10.2 Å². The standard InChI is InChI=1S/C12H26N4O3.3ClH/c13-5-3-8-15-7-1-2-9-16(10-4-6-14)11(17)12(18)19;;;/h15H,1-10,13-14H2,(H,18,19);3*1H. The number of rotatable bonds is 11. The molecule has 0 atom stereocenters. The van der Waals surface area contributed by atoms with Crippen LogP contribution in [0.2, 0.25) is 0 Å². The van der Waals surface area contributed by atoms with Crippen LogP contribution in [0.15, 0.2) is 0 Å². The van der Waals surface area contributed by atoms with Gasteiger partial charge >= 0.3 is 11.9 Å².